The number of halogens is 2. The van der Waals surface area contributed by atoms with E-state index in [0.717, 1.165) is 16.8 Å². The summed E-state index contributed by atoms with van der Waals surface area (Å²) in [5.74, 6) is -1.06. The fourth-order valence-corrected chi connectivity index (χ4v) is 2.11. The first-order valence-electron chi connectivity index (χ1n) is 6.52. The molecule has 5 nitrogen and oxygen atoms in total. The molecule has 0 saturated heterocycles. The molecule has 0 spiro atoms. The smallest absolute Gasteiger partial charge is 0.171 e. The maximum absolute atomic E-state index is 13.9. The van der Waals surface area contributed by atoms with Crippen LogP contribution in [0.15, 0.2) is 18.2 Å². The van der Waals surface area contributed by atoms with Gasteiger partial charge in [-0.2, -0.15) is 5.26 Å². The van der Waals surface area contributed by atoms with E-state index in [2.05, 4.69) is 5.10 Å². The molecule has 110 valence electrons. The maximum Gasteiger partial charge on any atom is 0.171 e. The van der Waals surface area contributed by atoms with Crippen LogP contribution >= 0.6 is 0 Å². The number of hydrogen-bond donors (Lipinski definition) is 1. The first-order chi connectivity index (χ1) is 10.0. The lowest BCUT2D eigenvalue weighted by molar-refractivity contribution is 0.574. The molecule has 0 saturated carbocycles. The third-order valence-electron chi connectivity index (χ3n) is 3.22. The van der Waals surface area contributed by atoms with Crippen LogP contribution in [0.4, 0.5) is 20.4 Å². The number of anilines is 2. The predicted molar refractivity (Wildman–Crippen MR) is 76.2 cm³/mol. The summed E-state index contributed by atoms with van der Waals surface area (Å²) in [5.41, 5.74) is 6.08. The number of hydrogen-bond acceptors (Lipinski definition) is 4. The van der Waals surface area contributed by atoms with Gasteiger partial charge in [0.05, 0.1) is 0 Å². The highest BCUT2D eigenvalue weighted by atomic mass is 19.1. The van der Waals surface area contributed by atoms with Crippen LogP contribution in [0.1, 0.15) is 19.4 Å². The lowest BCUT2D eigenvalue weighted by Crippen LogP contribution is -2.23. The Morgan fingerprint density at radius 3 is 2.52 bits per heavy atom. The van der Waals surface area contributed by atoms with Gasteiger partial charge in [-0.05, 0) is 26.0 Å². The van der Waals surface area contributed by atoms with E-state index in [-0.39, 0.29) is 17.1 Å². The summed E-state index contributed by atoms with van der Waals surface area (Å²) >= 11 is 0. The number of aromatic nitrogens is 2. The van der Waals surface area contributed by atoms with Gasteiger partial charge < -0.3 is 10.6 Å². The lowest BCUT2D eigenvalue weighted by atomic mass is 10.2. The van der Waals surface area contributed by atoms with Gasteiger partial charge in [-0.25, -0.2) is 13.5 Å². The van der Waals surface area contributed by atoms with Crippen molar-refractivity contribution in [3.63, 3.8) is 0 Å². The molecule has 0 amide bonds. The van der Waals surface area contributed by atoms with Crippen molar-refractivity contribution in [1.82, 2.24) is 9.78 Å². The molecular formula is C14H15F2N5. The highest BCUT2D eigenvalue weighted by Crippen LogP contribution is 2.28. The van der Waals surface area contributed by atoms with Gasteiger partial charge in [0.25, 0.3) is 0 Å². The monoisotopic (exact) mass is 291 g/mol. The Hall–Kier alpha value is -2.62. The van der Waals surface area contributed by atoms with Gasteiger partial charge in [-0.3, -0.25) is 0 Å². The molecule has 2 rings (SSSR count). The van der Waals surface area contributed by atoms with Crippen LogP contribution < -0.4 is 10.6 Å². The van der Waals surface area contributed by atoms with Crippen molar-refractivity contribution in [2.75, 3.05) is 23.7 Å². The fraction of sp³-hybridized carbons (Fsp3) is 0.286. The molecule has 0 bridgehead atoms. The van der Waals surface area contributed by atoms with E-state index in [9.17, 15) is 14.0 Å². The molecular weight excluding hydrogens is 276 g/mol. The Kier molecular flexibility index (Phi) is 4.08. The standard InChI is InChI=1S/C14H15F2N5/c1-3-20(4-2)14-10(8-17)13(18)21(19-14)12-6-5-9(15)7-11(12)16/h5-7H,3-4,18H2,1-2H3. The summed E-state index contributed by atoms with van der Waals surface area (Å²) in [6.07, 6.45) is 0. The molecule has 0 unspecified atom stereocenters. The van der Waals surface area contributed by atoms with E-state index in [0.29, 0.717) is 18.9 Å². The number of nitriles is 1. The third kappa shape index (κ3) is 2.52. The van der Waals surface area contributed by atoms with Crippen molar-refractivity contribution in [2.45, 2.75) is 13.8 Å². The van der Waals surface area contributed by atoms with Crippen molar-refractivity contribution in [3.05, 3.63) is 35.4 Å². The van der Waals surface area contributed by atoms with Crippen LogP contribution in [0.5, 0.6) is 0 Å². The second kappa shape index (κ2) is 5.79. The summed E-state index contributed by atoms with van der Waals surface area (Å²) in [4.78, 5) is 1.84. The molecule has 0 atom stereocenters. The number of nitrogens with two attached hydrogens (primary N) is 1. The SMILES string of the molecule is CCN(CC)c1nn(-c2ccc(F)cc2F)c(N)c1C#N. The normalized spacial score (nSPS) is 10.4. The first kappa shape index (κ1) is 14.8. The van der Waals surface area contributed by atoms with Crippen molar-refractivity contribution in [3.8, 4) is 11.8 Å². The van der Waals surface area contributed by atoms with Gasteiger partial charge >= 0.3 is 0 Å². The molecule has 0 aliphatic rings. The quantitative estimate of drug-likeness (QED) is 0.939. The zero-order chi connectivity index (χ0) is 15.6. The van der Waals surface area contributed by atoms with Crippen LogP contribution in [0.2, 0.25) is 0 Å². The minimum atomic E-state index is -0.792. The van der Waals surface area contributed by atoms with Crippen LogP contribution in [-0.4, -0.2) is 22.9 Å². The summed E-state index contributed by atoms with van der Waals surface area (Å²) < 4.78 is 28.0. The maximum atomic E-state index is 13.9. The van der Waals surface area contributed by atoms with Gasteiger partial charge in [-0.15, -0.1) is 5.10 Å². The minimum Gasteiger partial charge on any atom is -0.382 e. The molecule has 2 N–H and O–H groups in total. The van der Waals surface area contributed by atoms with E-state index in [4.69, 9.17) is 5.73 Å². The van der Waals surface area contributed by atoms with E-state index in [1.54, 1.807) is 0 Å². The van der Waals surface area contributed by atoms with Crippen molar-refractivity contribution in [1.29, 1.82) is 5.26 Å². The van der Waals surface area contributed by atoms with Crippen LogP contribution in [0.3, 0.4) is 0 Å². The van der Waals surface area contributed by atoms with E-state index < -0.39 is 11.6 Å². The van der Waals surface area contributed by atoms with E-state index >= 15 is 0 Å². The van der Waals surface area contributed by atoms with Crippen LogP contribution in [0.25, 0.3) is 5.69 Å². The first-order valence-corrected chi connectivity index (χ1v) is 6.52. The summed E-state index contributed by atoms with van der Waals surface area (Å²) in [7, 11) is 0. The molecule has 0 aliphatic carbocycles. The van der Waals surface area contributed by atoms with Gasteiger partial charge in [-0.1, -0.05) is 0 Å². The van der Waals surface area contributed by atoms with Gasteiger partial charge in [0.15, 0.2) is 11.6 Å². The third-order valence-corrected chi connectivity index (χ3v) is 3.22. The molecule has 21 heavy (non-hydrogen) atoms. The average Bonchev–Trinajstić information content (AvgIpc) is 2.77. The second-order valence-electron chi connectivity index (χ2n) is 4.38. The molecule has 1 aromatic carbocycles. The fourth-order valence-electron chi connectivity index (χ4n) is 2.11. The lowest BCUT2D eigenvalue weighted by Gasteiger charge is -2.17. The van der Waals surface area contributed by atoms with Crippen molar-refractivity contribution < 1.29 is 8.78 Å². The van der Waals surface area contributed by atoms with Crippen LogP contribution in [-0.2, 0) is 0 Å². The topological polar surface area (TPSA) is 70.9 Å². The molecule has 0 aliphatic heterocycles. The number of nitrogen functional groups attached to an aromatic ring is 1. The van der Waals surface area contributed by atoms with Gasteiger partial charge in [0.1, 0.15) is 29.0 Å². The highest BCUT2D eigenvalue weighted by Gasteiger charge is 2.21. The number of benzene rings is 1. The van der Waals surface area contributed by atoms with E-state index in [1.165, 1.54) is 6.07 Å². The summed E-state index contributed by atoms with van der Waals surface area (Å²) in [6, 6.07) is 5.09. The molecule has 0 fully saturated rings. The van der Waals surface area contributed by atoms with Crippen molar-refractivity contribution >= 4 is 11.6 Å². The van der Waals surface area contributed by atoms with Gasteiger partial charge in [0.2, 0.25) is 0 Å². The van der Waals surface area contributed by atoms with Gasteiger partial charge in [0, 0.05) is 19.2 Å². The predicted octanol–water partition coefficient (Wildman–Crippen LogP) is 2.45. The largest absolute Gasteiger partial charge is 0.382 e. The molecule has 0 radical (unpaired) electrons. The van der Waals surface area contributed by atoms with E-state index in [1.807, 2.05) is 24.8 Å². The average molecular weight is 291 g/mol. The van der Waals surface area contributed by atoms with Crippen LogP contribution in [0, 0.1) is 23.0 Å². The highest BCUT2D eigenvalue weighted by molar-refractivity contribution is 5.67. The number of nitrogens with zero attached hydrogens (tertiary/aromatic N) is 4. The Labute approximate surface area is 121 Å². The Bertz CT molecular complexity index is 698. The zero-order valence-electron chi connectivity index (χ0n) is 11.8. The molecule has 1 aromatic heterocycles. The molecule has 2 aromatic rings. The molecule has 1 heterocycles. The zero-order valence-corrected chi connectivity index (χ0v) is 11.8. The van der Waals surface area contributed by atoms with Crippen molar-refractivity contribution in [2.24, 2.45) is 0 Å². The Morgan fingerprint density at radius 1 is 1.33 bits per heavy atom. The number of rotatable bonds is 4. The summed E-state index contributed by atoms with van der Waals surface area (Å²) in [6.45, 7) is 5.09. The Balaban J connectivity index is 2.63. The summed E-state index contributed by atoms with van der Waals surface area (Å²) in [5, 5.41) is 13.5. The molecule has 7 heteroatoms. The second-order valence-corrected chi connectivity index (χ2v) is 4.38. The minimum absolute atomic E-state index is 0.00352. The Morgan fingerprint density at radius 2 is 2.00 bits per heavy atom.